The fraction of sp³-hybridized carbons (Fsp3) is 0.333. The number of benzene rings is 1. The van der Waals surface area contributed by atoms with Crippen molar-refractivity contribution in [1.82, 2.24) is 15.2 Å². The molecule has 0 saturated carbocycles. The van der Waals surface area contributed by atoms with E-state index in [2.05, 4.69) is 38.1 Å². The van der Waals surface area contributed by atoms with E-state index in [9.17, 15) is 0 Å². The number of aromatic nitrogens is 1. The zero-order valence-electron chi connectivity index (χ0n) is 10.3. The third-order valence-electron chi connectivity index (χ3n) is 2.83. The normalized spacial score (nSPS) is 16.2. The molecule has 2 N–H and O–H groups in total. The molecule has 0 radical (unpaired) electrons. The van der Waals surface area contributed by atoms with Crippen molar-refractivity contribution in [3.05, 3.63) is 24.3 Å². The molecule has 3 rings (SSSR count). The van der Waals surface area contributed by atoms with Crippen LogP contribution in [0.2, 0.25) is 0 Å². The molecule has 0 unspecified atom stereocenters. The molecular formula is C12H15N5OS. The molecule has 0 bridgehead atoms. The number of anilines is 1. The first-order valence-electron chi connectivity index (χ1n) is 6.09. The lowest BCUT2D eigenvalue weighted by Crippen LogP contribution is -2.46. The van der Waals surface area contributed by atoms with Crippen LogP contribution in [0.1, 0.15) is 0 Å². The van der Waals surface area contributed by atoms with Crippen molar-refractivity contribution in [2.75, 3.05) is 31.0 Å². The molecule has 2 heterocycles. The smallest absolute Gasteiger partial charge is 0.302 e. The van der Waals surface area contributed by atoms with Gasteiger partial charge in [-0.3, -0.25) is 10.2 Å². The Kier molecular flexibility index (Phi) is 3.56. The maximum absolute atomic E-state index is 5.58. The van der Waals surface area contributed by atoms with Crippen LogP contribution in [-0.4, -0.2) is 41.5 Å². The number of para-hydroxylation sites is 2. The van der Waals surface area contributed by atoms with E-state index in [-0.39, 0.29) is 0 Å². The molecule has 0 atom stereocenters. The Bertz CT molecular complexity index is 564. The summed E-state index contributed by atoms with van der Waals surface area (Å²) in [5.41, 5.74) is 1.59. The highest BCUT2D eigenvalue weighted by atomic mass is 32.1. The molecule has 0 saturated heterocycles. The van der Waals surface area contributed by atoms with Crippen LogP contribution in [0, 0.1) is 0 Å². The van der Waals surface area contributed by atoms with E-state index < -0.39 is 0 Å². The molecule has 2 aromatic rings. The van der Waals surface area contributed by atoms with Crippen molar-refractivity contribution in [2.45, 2.75) is 0 Å². The van der Waals surface area contributed by atoms with Crippen LogP contribution in [0.5, 0.6) is 0 Å². The second-order valence-corrected chi connectivity index (χ2v) is 4.66. The van der Waals surface area contributed by atoms with Crippen LogP contribution < -0.4 is 10.6 Å². The summed E-state index contributed by atoms with van der Waals surface area (Å²) in [6.07, 6.45) is 0. The van der Waals surface area contributed by atoms with Crippen molar-refractivity contribution in [2.24, 2.45) is 4.99 Å². The molecule has 100 valence electrons. The van der Waals surface area contributed by atoms with E-state index in [1.54, 1.807) is 0 Å². The molecule has 1 aromatic carbocycles. The Labute approximate surface area is 116 Å². The van der Waals surface area contributed by atoms with E-state index in [1.165, 1.54) is 0 Å². The largest absolute Gasteiger partial charge is 0.423 e. The number of fused-ring (bicyclic) bond motifs is 1. The van der Waals surface area contributed by atoms with Gasteiger partial charge in [0.1, 0.15) is 5.52 Å². The van der Waals surface area contributed by atoms with Gasteiger partial charge in [-0.25, -0.2) is 4.99 Å². The Morgan fingerprint density at radius 2 is 2.32 bits per heavy atom. The van der Waals surface area contributed by atoms with Crippen molar-refractivity contribution in [1.29, 1.82) is 0 Å². The minimum Gasteiger partial charge on any atom is -0.423 e. The number of thiol groups is 1. The standard InChI is InChI=1S/C12H15N5OS/c19-6-5-17-7-13-11(14-8-17)16-12-15-9-3-1-2-4-10(9)18-12/h1-4,19H,5-8H2,(H2,13,14,15,16). The number of rotatable bonds is 3. The molecule has 0 spiro atoms. The van der Waals surface area contributed by atoms with Gasteiger partial charge in [-0.15, -0.1) is 0 Å². The topological polar surface area (TPSA) is 65.7 Å². The number of nitrogens with one attached hydrogen (secondary N) is 2. The first kappa shape index (κ1) is 12.3. The monoisotopic (exact) mass is 277 g/mol. The summed E-state index contributed by atoms with van der Waals surface area (Å²) in [6.45, 7) is 2.30. The van der Waals surface area contributed by atoms with Crippen LogP contribution in [0.3, 0.4) is 0 Å². The average molecular weight is 277 g/mol. The van der Waals surface area contributed by atoms with Gasteiger partial charge < -0.3 is 9.73 Å². The average Bonchev–Trinajstić information content (AvgIpc) is 2.83. The van der Waals surface area contributed by atoms with Gasteiger partial charge in [-0.05, 0) is 12.1 Å². The van der Waals surface area contributed by atoms with E-state index in [0.717, 1.165) is 30.1 Å². The molecule has 0 fully saturated rings. The number of nitrogens with zero attached hydrogens (tertiary/aromatic N) is 3. The van der Waals surface area contributed by atoms with E-state index >= 15 is 0 Å². The molecular weight excluding hydrogens is 262 g/mol. The Morgan fingerprint density at radius 1 is 1.42 bits per heavy atom. The Morgan fingerprint density at radius 3 is 3.05 bits per heavy atom. The van der Waals surface area contributed by atoms with Gasteiger partial charge in [-0.1, -0.05) is 12.1 Å². The molecule has 0 aliphatic carbocycles. The van der Waals surface area contributed by atoms with Gasteiger partial charge in [0.15, 0.2) is 5.58 Å². The summed E-state index contributed by atoms with van der Waals surface area (Å²) in [4.78, 5) is 10.9. The third kappa shape index (κ3) is 2.82. The van der Waals surface area contributed by atoms with Gasteiger partial charge >= 0.3 is 6.01 Å². The lowest BCUT2D eigenvalue weighted by atomic mass is 10.3. The SMILES string of the molecule is SCCN1CN=C(Nc2nc3ccccc3o2)NC1. The molecule has 1 aliphatic rings. The molecule has 1 aromatic heterocycles. The van der Waals surface area contributed by atoms with Crippen LogP contribution in [0.25, 0.3) is 11.1 Å². The summed E-state index contributed by atoms with van der Waals surface area (Å²) in [7, 11) is 0. The summed E-state index contributed by atoms with van der Waals surface area (Å²) in [6, 6.07) is 8.10. The molecule has 6 nitrogen and oxygen atoms in total. The van der Waals surface area contributed by atoms with Crippen molar-refractivity contribution in [3.63, 3.8) is 0 Å². The Hall–Kier alpha value is -1.73. The fourth-order valence-corrected chi connectivity index (χ4v) is 2.15. The fourth-order valence-electron chi connectivity index (χ4n) is 1.87. The maximum atomic E-state index is 5.58. The highest BCUT2D eigenvalue weighted by molar-refractivity contribution is 7.80. The number of aliphatic imine (C=N–C) groups is 1. The highest BCUT2D eigenvalue weighted by Gasteiger charge is 2.13. The van der Waals surface area contributed by atoms with Gasteiger partial charge in [0, 0.05) is 12.3 Å². The van der Waals surface area contributed by atoms with Crippen molar-refractivity contribution in [3.8, 4) is 0 Å². The summed E-state index contributed by atoms with van der Waals surface area (Å²) in [5, 5.41) is 6.23. The zero-order valence-corrected chi connectivity index (χ0v) is 11.2. The Balaban J connectivity index is 1.68. The highest BCUT2D eigenvalue weighted by Crippen LogP contribution is 2.17. The van der Waals surface area contributed by atoms with Crippen LogP contribution >= 0.6 is 12.6 Å². The lowest BCUT2D eigenvalue weighted by Gasteiger charge is -2.25. The van der Waals surface area contributed by atoms with Gasteiger partial charge in [0.05, 0.1) is 13.3 Å². The van der Waals surface area contributed by atoms with Crippen LogP contribution in [0.4, 0.5) is 6.01 Å². The molecule has 1 aliphatic heterocycles. The predicted octanol–water partition coefficient (Wildman–Crippen LogP) is 1.35. The minimum atomic E-state index is 0.454. The predicted molar refractivity (Wildman–Crippen MR) is 78.5 cm³/mol. The summed E-state index contributed by atoms with van der Waals surface area (Å²) < 4.78 is 5.58. The third-order valence-corrected chi connectivity index (χ3v) is 3.03. The molecule has 7 heteroatoms. The van der Waals surface area contributed by atoms with Gasteiger partial charge in [0.2, 0.25) is 5.96 Å². The second kappa shape index (κ2) is 5.50. The number of guanidine groups is 1. The first-order valence-corrected chi connectivity index (χ1v) is 6.72. The van der Waals surface area contributed by atoms with Crippen LogP contribution in [0.15, 0.2) is 33.7 Å². The quantitative estimate of drug-likeness (QED) is 0.739. The molecule has 0 amide bonds. The van der Waals surface area contributed by atoms with E-state index in [1.807, 2.05) is 24.3 Å². The number of hydrogen-bond acceptors (Lipinski definition) is 7. The maximum Gasteiger partial charge on any atom is 0.302 e. The summed E-state index contributed by atoms with van der Waals surface area (Å²) >= 11 is 4.20. The first-order chi connectivity index (χ1) is 9.35. The number of hydrogen-bond donors (Lipinski definition) is 3. The lowest BCUT2D eigenvalue weighted by molar-refractivity contribution is 0.281. The van der Waals surface area contributed by atoms with Crippen LogP contribution in [-0.2, 0) is 0 Å². The molecule has 19 heavy (non-hydrogen) atoms. The minimum absolute atomic E-state index is 0.454. The van der Waals surface area contributed by atoms with Gasteiger partial charge in [0.25, 0.3) is 0 Å². The van der Waals surface area contributed by atoms with E-state index in [4.69, 9.17) is 4.42 Å². The van der Waals surface area contributed by atoms with Gasteiger partial charge in [-0.2, -0.15) is 17.6 Å². The zero-order chi connectivity index (χ0) is 13.1. The summed E-state index contributed by atoms with van der Waals surface area (Å²) in [5.74, 6) is 1.51. The van der Waals surface area contributed by atoms with Crippen molar-refractivity contribution < 1.29 is 4.42 Å². The second-order valence-electron chi connectivity index (χ2n) is 4.21. The number of oxazole rings is 1. The van der Waals surface area contributed by atoms with E-state index in [0.29, 0.717) is 18.6 Å². The van der Waals surface area contributed by atoms with Crippen molar-refractivity contribution >= 4 is 35.7 Å².